The van der Waals surface area contributed by atoms with E-state index < -0.39 is 22.0 Å². The first-order valence-electron chi connectivity index (χ1n) is 7.79. The van der Waals surface area contributed by atoms with Crippen LogP contribution in [0, 0.1) is 0 Å². The third kappa shape index (κ3) is 7.59. The van der Waals surface area contributed by atoms with E-state index in [1.165, 1.54) is 19.1 Å². The fourth-order valence-corrected chi connectivity index (χ4v) is 3.07. The van der Waals surface area contributed by atoms with E-state index in [1.54, 1.807) is 26.8 Å². The molecule has 0 aliphatic heterocycles. The molecule has 10 heteroatoms. The minimum absolute atomic E-state index is 0.0129. The molecule has 0 heterocycles. The Balaban J connectivity index is 2.95. The summed E-state index contributed by atoms with van der Waals surface area (Å²) in [4.78, 5) is 22.9. The van der Waals surface area contributed by atoms with Crippen molar-refractivity contribution in [2.24, 2.45) is 0 Å². The second kappa shape index (κ2) is 8.70. The van der Waals surface area contributed by atoms with E-state index in [-0.39, 0.29) is 36.0 Å². The van der Waals surface area contributed by atoms with Crippen LogP contribution in [0.3, 0.4) is 0 Å². The van der Waals surface area contributed by atoms with E-state index in [2.05, 4.69) is 5.32 Å². The lowest BCUT2D eigenvalue weighted by Gasteiger charge is -2.24. The van der Waals surface area contributed by atoms with Crippen molar-refractivity contribution < 1.29 is 27.3 Å². The number of anilines is 1. The Morgan fingerprint density at radius 1 is 1.31 bits per heavy atom. The van der Waals surface area contributed by atoms with Crippen molar-refractivity contribution in [1.82, 2.24) is 5.32 Å². The minimum Gasteiger partial charge on any atom is -0.444 e. The number of Topliss-reactive ketones (excluding diaryl/α,β-unsaturated/α-hetero) is 1. The molecule has 0 saturated carbocycles. The molecular formula is C16H23ClN2O6S. The topological polar surface area (TPSA) is 113 Å². The summed E-state index contributed by atoms with van der Waals surface area (Å²) >= 11 is 6.05. The predicted octanol–water partition coefficient (Wildman–Crippen LogP) is 2.61. The van der Waals surface area contributed by atoms with Crippen LogP contribution < -0.4 is 9.62 Å². The van der Waals surface area contributed by atoms with Crippen LogP contribution in [-0.2, 0) is 26.3 Å². The van der Waals surface area contributed by atoms with Gasteiger partial charge in [0, 0.05) is 13.0 Å². The first kappa shape index (κ1) is 22.2. The van der Waals surface area contributed by atoms with Gasteiger partial charge in [-0.25, -0.2) is 9.10 Å². The summed E-state index contributed by atoms with van der Waals surface area (Å²) in [6.07, 6.45) is -0.621. The number of benzene rings is 1. The molecule has 26 heavy (non-hydrogen) atoms. The molecule has 0 atom stereocenters. The first-order valence-corrected chi connectivity index (χ1v) is 9.57. The summed E-state index contributed by atoms with van der Waals surface area (Å²) in [5.41, 5.74) is -0.137. The van der Waals surface area contributed by atoms with Crippen molar-refractivity contribution in [3.05, 3.63) is 28.8 Å². The van der Waals surface area contributed by atoms with Crippen molar-refractivity contribution in [2.45, 2.75) is 39.7 Å². The molecule has 0 unspecified atom stereocenters. The summed E-state index contributed by atoms with van der Waals surface area (Å²) in [7, 11) is -4.65. The lowest BCUT2D eigenvalue weighted by Crippen LogP contribution is -2.40. The molecule has 8 nitrogen and oxygen atoms in total. The van der Waals surface area contributed by atoms with Crippen molar-refractivity contribution in [2.75, 3.05) is 17.4 Å². The zero-order valence-electron chi connectivity index (χ0n) is 15.1. The standard InChI is InChI=1S/C16H23ClN2O6S/c1-11(20)9-12-5-6-13(17)14(10-12)19(26(22,23)24)8-7-18-15(21)25-16(2,3)4/h5-6,10H,7-9H2,1-4H3,(H,18,21)(H,22,23,24). The second-order valence-corrected chi connectivity index (χ2v) is 8.39. The van der Waals surface area contributed by atoms with Gasteiger partial charge in [-0.3, -0.25) is 9.35 Å². The van der Waals surface area contributed by atoms with Crippen LogP contribution in [0.5, 0.6) is 0 Å². The average molecular weight is 407 g/mol. The molecule has 0 radical (unpaired) electrons. The highest BCUT2D eigenvalue weighted by atomic mass is 35.5. The highest BCUT2D eigenvalue weighted by Gasteiger charge is 2.23. The fraction of sp³-hybridized carbons (Fsp3) is 0.500. The van der Waals surface area contributed by atoms with Crippen LogP contribution in [-0.4, -0.2) is 43.5 Å². The molecule has 1 rings (SSSR count). The van der Waals surface area contributed by atoms with Crippen LogP contribution in [0.1, 0.15) is 33.3 Å². The van der Waals surface area contributed by atoms with Gasteiger partial charge in [0.05, 0.1) is 17.3 Å². The Morgan fingerprint density at radius 3 is 2.42 bits per heavy atom. The number of alkyl carbamates (subject to hydrolysis) is 1. The third-order valence-corrected chi connectivity index (χ3v) is 4.25. The van der Waals surface area contributed by atoms with Gasteiger partial charge in [0.1, 0.15) is 11.4 Å². The molecule has 0 spiro atoms. The highest BCUT2D eigenvalue weighted by Crippen LogP contribution is 2.29. The number of nitrogens with one attached hydrogen (secondary N) is 1. The number of ether oxygens (including phenoxy) is 1. The highest BCUT2D eigenvalue weighted by molar-refractivity contribution is 7.87. The monoisotopic (exact) mass is 406 g/mol. The van der Waals surface area contributed by atoms with Gasteiger partial charge in [0.2, 0.25) is 0 Å². The number of hydrogen-bond acceptors (Lipinski definition) is 5. The summed E-state index contributed by atoms with van der Waals surface area (Å²) in [5, 5.41) is 2.48. The average Bonchev–Trinajstić information content (AvgIpc) is 2.42. The predicted molar refractivity (Wildman–Crippen MR) is 99.0 cm³/mol. The van der Waals surface area contributed by atoms with Crippen LogP contribution in [0.4, 0.5) is 10.5 Å². The van der Waals surface area contributed by atoms with Crippen LogP contribution in [0.25, 0.3) is 0 Å². The molecule has 0 aliphatic carbocycles. The van der Waals surface area contributed by atoms with Crippen LogP contribution in [0.2, 0.25) is 5.02 Å². The number of halogens is 1. The Kier molecular flexibility index (Phi) is 7.43. The normalized spacial score (nSPS) is 11.8. The Labute approximate surface area is 158 Å². The second-order valence-electron chi connectivity index (χ2n) is 6.64. The summed E-state index contributed by atoms with van der Waals surface area (Å²) < 4.78 is 38.7. The molecule has 0 fully saturated rings. The van der Waals surface area contributed by atoms with E-state index >= 15 is 0 Å². The summed E-state index contributed by atoms with van der Waals surface area (Å²) in [6.45, 7) is 6.08. The van der Waals surface area contributed by atoms with Gasteiger partial charge in [0.15, 0.2) is 0 Å². The number of rotatable bonds is 7. The van der Waals surface area contributed by atoms with Gasteiger partial charge >= 0.3 is 16.4 Å². The maximum absolute atomic E-state index is 11.7. The fourth-order valence-electron chi connectivity index (χ4n) is 2.08. The van der Waals surface area contributed by atoms with Crippen molar-refractivity contribution >= 4 is 39.5 Å². The van der Waals surface area contributed by atoms with E-state index in [1.807, 2.05) is 0 Å². The molecule has 0 bridgehead atoms. The molecular weight excluding hydrogens is 384 g/mol. The van der Waals surface area contributed by atoms with Crippen LogP contribution >= 0.6 is 11.6 Å². The van der Waals surface area contributed by atoms with E-state index in [4.69, 9.17) is 16.3 Å². The van der Waals surface area contributed by atoms with Gasteiger partial charge in [-0.05, 0) is 45.4 Å². The summed E-state index contributed by atoms with van der Waals surface area (Å²) in [6, 6.07) is 4.44. The zero-order valence-corrected chi connectivity index (χ0v) is 16.6. The molecule has 146 valence electrons. The number of amides is 1. The Morgan fingerprint density at radius 2 is 1.92 bits per heavy atom. The van der Waals surface area contributed by atoms with Gasteiger partial charge in [0.25, 0.3) is 0 Å². The van der Waals surface area contributed by atoms with Gasteiger partial charge < -0.3 is 10.1 Å². The molecule has 1 aromatic rings. The number of carbonyl (C=O) groups excluding carboxylic acids is 2. The Hall–Kier alpha value is -1.84. The maximum Gasteiger partial charge on any atom is 0.407 e. The molecule has 1 amide bonds. The number of carbonyl (C=O) groups is 2. The zero-order chi connectivity index (χ0) is 20.1. The van der Waals surface area contributed by atoms with Gasteiger partial charge in [-0.15, -0.1) is 0 Å². The number of ketones is 1. The first-order chi connectivity index (χ1) is 11.8. The van der Waals surface area contributed by atoms with Gasteiger partial charge in [-0.1, -0.05) is 17.7 Å². The van der Waals surface area contributed by atoms with Gasteiger partial charge in [-0.2, -0.15) is 8.42 Å². The molecule has 0 aliphatic rings. The molecule has 1 aromatic carbocycles. The van der Waals surface area contributed by atoms with Crippen molar-refractivity contribution in [3.8, 4) is 0 Å². The largest absolute Gasteiger partial charge is 0.444 e. The number of nitrogens with zero attached hydrogens (tertiary/aromatic N) is 1. The quantitative estimate of drug-likeness (QED) is 0.673. The Bertz CT molecular complexity index is 773. The number of hydrogen-bond donors (Lipinski definition) is 2. The van der Waals surface area contributed by atoms with Crippen molar-refractivity contribution in [3.63, 3.8) is 0 Å². The van der Waals surface area contributed by atoms with Crippen LogP contribution in [0.15, 0.2) is 18.2 Å². The SMILES string of the molecule is CC(=O)Cc1ccc(Cl)c(N(CCNC(=O)OC(C)(C)C)S(=O)(=O)O)c1. The maximum atomic E-state index is 11.7. The van der Waals surface area contributed by atoms with E-state index in [0.717, 1.165) is 0 Å². The summed E-state index contributed by atoms with van der Waals surface area (Å²) in [5.74, 6) is -0.108. The lowest BCUT2D eigenvalue weighted by molar-refractivity contribution is -0.116. The molecule has 0 saturated heterocycles. The lowest BCUT2D eigenvalue weighted by atomic mass is 10.1. The third-order valence-electron chi connectivity index (χ3n) is 2.99. The van der Waals surface area contributed by atoms with Crippen molar-refractivity contribution in [1.29, 1.82) is 0 Å². The molecule has 2 N–H and O–H groups in total. The smallest absolute Gasteiger partial charge is 0.407 e. The van der Waals surface area contributed by atoms with E-state index in [9.17, 15) is 22.6 Å². The van der Waals surface area contributed by atoms with E-state index in [0.29, 0.717) is 9.87 Å². The minimum atomic E-state index is -4.65. The molecule has 0 aromatic heterocycles.